The van der Waals surface area contributed by atoms with Crippen LogP contribution < -0.4 is 0 Å². The summed E-state index contributed by atoms with van der Waals surface area (Å²) in [5, 5.41) is 9.71. The maximum atomic E-state index is 9.12. The maximum Gasteiger partial charge on any atom is 0.115 e. The van der Waals surface area contributed by atoms with Gasteiger partial charge in [-0.15, -0.1) is 0 Å². The molecule has 1 aromatic carbocycles. The van der Waals surface area contributed by atoms with E-state index < -0.39 is 0 Å². The summed E-state index contributed by atoms with van der Waals surface area (Å²) in [5.41, 5.74) is 1.19. The van der Waals surface area contributed by atoms with Crippen molar-refractivity contribution < 1.29 is 5.11 Å². The molecule has 68 valence electrons. The Morgan fingerprint density at radius 2 is 1.92 bits per heavy atom. The average Bonchev–Trinajstić information content (AvgIpc) is 2.53. The molecule has 0 aliphatic carbocycles. The van der Waals surface area contributed by atoms with Crippen LogP contribution in [0.1, 0.15) is 12.5 Å². The summed E-state index contributed by atoms with van der Waals surface area (Å²) < 4.78 is 0. The second-order valence-corrected chi connectivity index (χ2v) is 5.58. The van der Waals surface area contributed by atoms with E-state index in [1.165, 1.54) is 10.5 Å². The molecule has 1 aromatic rings. The summed E-state index contributed by atoms with van der Waals surface area (Å²) in [6.45, 7) is 2.19. The minimum Gasteiger partial charge on any atom is -0.508 e. The van der Waals surface area contributed by atoms with Gasteiger partial charge in [0.2, 0.25) is 0 Å². The van der Waals surface area contributed by atoms with E-state index in [9.17, 15) is 0 Å². The van der Waals surface area contributed by atoms with Crippen molar-refractivity contribution in [3.8, 4) is 5.75 Å². The molecule has 1 atom stereocenters. The topological polar surface area (TPSA) is 20.2 Å². The van der Waals surface area contributed by atoms with Crippen LogP contribution in [0.5, 0.6) is 5.75 Å². The van der Waals surface area contributed by atoms with Gasteiger partial charge in [0.25, 0.3) is 0 Å². The molecule has 0 bridgehead atoms. The molecule has 0 saturated heterocycles. The van der Waals surface area contributed by atoms with Gasteiger partial charge >= 0.3 is 0 Å². The predicted molar refractivity (Wildman–Crippen MR) is 60.7 cm³/mol. The van der Waals surface area contributed by atoms with Gasteiger partial charge in [0, 0.05) is 10.2 Å². The summed E-state index contributed by atoms with van der Waals surface area (Å²) >= 11 is 0. The Balaban J connectivity index is 2.26. The van der Waals surface area contributed by atoms with Crippen LogP contribution in [0.2, 0.25) is 0 Å². The van der Waals surface area contributed by atoms with Crippen LogP contribution in [-0.4, -0.2) is 10.4 Å². The average molecular weight is 210 g/mol. The minimum atomic E-state index is 0.327. The highest BCUT2D eigenvalue weighted by Gasteiger charge is 2.14. The second-order valence-electron chi connectivity index (χ2n) is 2.96. The van der Waals surface area contributed by atoms with E-state index in [0.717, 1.165) is 0 Å². The first kappa shape index (κ1) is 9.03. The molecule has 1 heterocycles. The van der Waals surface area contributed by atoms with Gasteiger partial charge in [-0.1, -0.05) is 39.8 Å². The zero-order valence-corrected chi connectivity index (χ0v) is 8.86. The lowest BCUT2D eigenvalue weighted by Gasteiger charge is -1.99. The van der Waals surface area contributed by atoms with Gasteiger partial charge in [0.05, 0.1) is 0 Å². The summed E-state index contributed by atoms with van der Waals surface area (Å²) in [6.07, 6.45) is 2.25. The Bertz CT molecular complexity index is 329. The number of phenols is 1. The van der Waals surface area contributed by atoms with Gasteiger partial charge in [-0.2, -0.15) is 0 Å². The van der Waals surface area contributed by atoms with Crippen molar-refractivity contribution >= 4 is 26.5 Å². The molecule has 13 heavy (non-hydrogen) atoms. The standard InChI is InChI=1S/C10H10OS2/c1-7-6-10(13-12-7)8-2-4-9(11)5-3-8/h2-7,11H,1H3. The smallest absolute Gasteiger partial charge is 0.115 e. The first-order chi connectivity index (χ1) is 6.25. The molecule has 3 heteroatoms. The molecule has 0 amide bonds. The minimum absolute atomic E-state index is 0.327. The molecule has 1 N–H and O–H groups in total. The van der Waals surface area contributed by atoms with Crippen LogP contribution in [0.25, 0.3) is 4.91 Å². The Morgan fingerprint density at radius 1 is 1.23 bits per heavy atom. The Labute approximate surface area is 85.6 Å². The SMILES string of the molecule is CC1C=C(c2ccc(O)cc2)SS1. The van der Waals surface area contributed by atoms with E-state index in [0.29, 0.717) is 11.0 Å². The number of hydrogen-bond acceptors (Lipinski definition) is 3. The number of phenolic OH excluding ortho intramolecular Hbond substituents is 1. The monoisotopic (exact) mass is 210 g/mol. The molecule has 2 rings (SSSR count). The van der Waals surface area contributed by atoms with Crippen LogP contribution in [0, 0.1) is 0 Å². The van der Waals surface area contributed by atoms with Crippen molar-refractivity contribution in [1.29, 1.82) is 0 Å². The summed E-state index contributed by atoms with van der Waals surface area (Å²) in [4.78, 5) is 1.30. The molecule has 0 spiro atoms. The molecule has 0 aromatic heterocycles. The third-order valence-corrected chi connectivity index (χ3v) is 4.65. The Hall–Kier alpha value is -0.540. The number of benzene rings is 1. The van der Waals surface area contributed by atoms with E-state index in [4.69, 9.17) is 5.11 Å². The first-order valence-electron chi connectivity index (χ1n) is 4.10. The van der Waals surface area contributed by atoms with Crippen LogP contribution in [0.3, 0.4) is 0 Å². The zero-order valence-electron chi connectivity index (χ0n) is 7.23. The Kier molecular flexibility index (Phi) is 2.56. The molecule has 0 saturated carbocycles. The van der Waals surface area contributed by atoms with Gasteiger partial charge in [0.1, 0.15) is 5.75 Å². The fourth-order valence-corrected chi connectivity index (χ4v) is 3.58. The number of hydrogen-bond donors (Lipinski definition) is 1. The zero-order chi connectivity index (χ0) is 9.26. The van der Waals surface area contributed by atoms with Crippen molar-refractivity contribution in [3.63, 3.8) is 0 Å². The van der Waals surface area contributed by atoms with Gasteiger partial charge in [-0.05, 0) is 24.6 Å². The van der Waals surface area contributed by atoms with E-state index >= 15 is 0 Å². The molecule has 0 radical (unpaired) electrons. The van der Waals surface area contributed by atoms with Gasteiger partial charge in [-0.3, -0.25) is 0 Å². The van der Waals surface area contributed by atoms with E-state index in [1.54, 1.807) is 22.9 Å². The quantitative estimate of drug-likeness (QED) is 0.716. The van der Waals surface area contributed by atoms with Crippen molar-refractivity contribution in [2.75, 3.05) is 0 Å². The lowest BCUT2D eigenvalue weighted by atomic mass is 10.2. The fraction of sp³-hybridized carbons (Fsp3) is 0.200. The summed E-state index contributed by atoms with van der Waals surface area (Å²) in [5.74, 6) is 0.327. The highest BCUT2D eigenvalue weighted by molar-refractivity contribution is 8.80. The normalized spacial score (nSPS) is 21.6. The number of rotatable bonds is 1. The Morgan fingerprint density at radius 3 is 2.46 bits per heavy atom. The van der Waals surface area contributed by atoms with Crippen LogP contribution in [-0.2, 0) is 0 Å². The van der Waals surface area contributed by atoms with Gasteiger partial charge < -0.3 is 5.11 Å². The van der Waals surface area contributed by atoms with Crippen molar-refractivity contribution in [1.82, 2.24) is 0 Å². The second kappa shape index (κ2) is 3.68. The molecule has 1 nitrogen and oxygen atoms in total. The molecule has 0 fully saturated rings. The van der Waals surface area contributed by atoms with Crippen LogP contribution in [0.15, 0.2) is 30.3 Å². The van der Waals surface area contributed by atoms with E-state index in [2.05, 4.69) is 13.0 Å². The predicted octanol–water partition coefficient (Wildman–Crippen LogP) is 3.52. The third kappa shape index (κ3) is 2.03. The lowest BCUT2D eigenvalue weighted by molar-refractivity contribution is 0.475. The summed E-state index contributed by atoms with van der Waals surface area (Å²) in [6, 6.07) is 7.36. The van der Waals surface area contributed by atoms with Crippen LogP contribution >= 0.6 is 21.6 Å². The molecule has 1 aliphatic heterocycles. The number of aromatic hydroxyl groups is 1. The maximum absolute atomic E-state index is 9.12. The van der Waals surface area contributed by atoms with Gasteiger partial charge in [-0.25, -0.2) is 0 Å². The molecule has 1 aliphatic rings. The van der Waals surface area contributed by atoms with Gasteiger partial charge in [0.15, 0.2) is 0 Å². The molecule has 1 unspecified atom stereocenters. The van der Waals surface area contributed by atoms with Crippen molar-refractivity contribution in [2.24, 2.45) is 0 Å². The lowest BCUT2D eigenvalue weighted by Crippen LogP contribution is -1.80. The van der Waals surface area contributed by atoms with E-state index in [-0.39, 0.29) is 0 Å². The van der Waals surface area contributed by atoms with Crippen molar-refractivity contribution in [3.05, 3.63) is 35.9 Å². The van der Waals surface area contributed by atoms with E-state index in [1.807, 2.05) is 22.9 Å². The summed E-state index contributed by atoms with van der Waals surface area (Å²) in [7, 11) is 3.67. The first-order valence-corrected chi connectivity index (χ1v) is 6.31. The fourth-order valence-electron chi connectivity index (χ4n) is 1.17. The third-order valence-electron chi connectivity index (χ3n) is 1.83. The molecular formula is C10H10OS2. The van der Waals surface area contributed by atoms with Crippen molar-refractivity contribution in [2.45, 2.75) is 12.2 Å². The molecular weight excluding hydrogens is 200 g/mol. The highest BCUT2D eigenvalue weighted by Crippen LogP contribution is 2.46. The van der Waals surface area contributed by atoms with Crippen LogP contribution in [0.4, 0.5) is 0 Å². The largest absolute Gasteiger partial charge is 0.508 e. The highest BCUT2D eigenvalue weighted by atomic mass is 33.1.